The van der Waals surface area contributed by atoms with E-state index in [-0.39, 0.29) is 6.04 Å². The smallest absolute Gasteiger partial charge is 0.218 e. The highest BCUT2D eigenvalue weighted by Crippen LogP contribution is 2.20. The Balaban J connectivity index is 1.94. The molecule has 2 rings (SSSR count). The molecule has 3 heteroatoms. The van der Waals surface area contributed by atoms with E-state index in [4.69, 9.17) is 0 Å². The van der Waals surface area contributed by atoms with E-state index < -0.39 is 0 Å². The van der Waals surface area contributed by atoms with Gasteiger partial charge >= 0.3 is 0 Å². The lowest BCUT2D eigenvalue weighted by molar-refractivity contribution is -0.0694. The first kappa shape index (κ1) is 10.1. The van der Waals surface area contributed by atoms with E-state index in [0.717, 1.165) is 26.1 Å². The van der Waals surface area contributed by atoms with Crippen molar-refractivity contribution in [2.24, 2.45) is 0 Å². The Morgan fingerprint density at radius 2 is 1.64 bits per heavy atom. The Hall–Kier alpha value is -0.410. The molecule has 0 spiro atoms. The summed E-state index contributed by atoms with van der Waals surface area (Å²) in [5.74, 6) is 0. The van der Waals surface area contributed by atoms with Gasteiger partial charge in [0, 0.05) is 19.6 Å². The van der Waals surface area contributed by atoms with Gasteiger partial charge < -0.3 is 0 Å². The molecule has 79 valence electrons. The van der Waals surface area contributed by atoms with Gasteiger partial charge in [-0.05, 0) is 25.7 Å². The van der Waals surface area contributed by atoms with Gasteiger partial charge in [0.2, 0.25) is 6.29 Å². The summed E-state index contributed by atoms with van der Waals surface area (Å²) in [7, 11) is 0. The third kappa shape index (κ3) is 2.15. The van der Waals surface area contributed by atoms with Crippen LogP contribution in [0.4, 0.5) is 0 Å². The summed E-state index contributed by atoms with van der Waals surface area (Å²) < 4.78 is 0. The number of piperidine rings is 2. The molecule has 0 aromatic heterocycles. The van der Waals surface area contributed by atoms with Gasteiger partial charge in [-0.25, -0.2) is 10.0 Å². The molecule has 14 heavy (non-hydrogen) atoms. The minimum absolute atomic E-state index is 0.0434. The van der Waals surface area contributed by atoms with Crippen molar-refractivity contribution < 1.29 is 4.79 Å². The van der Waals surface area contributed by atoms with Crippen molar-refractivity contribution >= 4 is 6.29 Å². The first-order valence-electron chi connectivity index (χ1n) is 5.81. The fourth-order valence-electron chi connectivity index (χ4n) is 2.51. The highest BCUT2D eigenvalue weighted by Gasteiger charge is 2.28. The number of hydrogen-bond donors (Lipinski definition) is 0. The summed E-state index contributed by atoms with van der Waals surface area (Å²) in [6.45, 7) is 3.33. The zero-order chi connectivity index (χ0) is 9.80. The third-order valence-corrected chi connectivity index (χ3v) is 3.31. The fourth-order valence-corrected chi connectivity index (χ4v) is 2.51. The highest BCUT2D eigenvalue weighted by atomic mass is 16.1. The van der Waals surface area contributed by atoms with Crippen LogP contribution in [-0.4, -0.2) is 42.0 Å². The van der Waals surface area contributed by atoms with Crippen molar-refractivity contribution in [3.63, 3.8) is 0 Å². The summed E-state index contributed by atoms with van der Waals surface area (Å²) >= 11 is 0. The lowest BCUT2D eigenvalue weighted by atomic mass is 10.0. The van der Waals surface area contributed by atoms with E-state index in [1.807, 2.05) is 0 Å². The van der Waals surface area contributed by atoms with E-state index in [2.05, 4.69) is 16.3 Å². The Labute approximate surface area is 86.0 Å². The molecule has 0 aromatic carbocycles. The van der Waals surface area contributed by atoms with Crippen LogP contribution >= 0.6 is 0 Å². The molecule has 3 nitrogen and oxygen atoms in total. The maximum absolute atomic E-state index is 10.8. The van der Waals surface area contributed by atoms with Gasteiger partial charge in [-0.1, -0.05) is 12.8 Å². The first-order valence-corrected chi connectivity index (χ1v) is 5.81. The van der Waals surface area contributed by atoms with Crippen molar-refractivity contribution in [1.29, 1.82) is 0 Å². The molecule has 2 aliphatic rings. The molecule has 0 aromatic rings. The summed E-state index contributed by atoms with van der Waals surface area (Å²) in [5.41, 5.74) is 0. The van der Waals surface area contributed by atoms with E-state index in [1.165, 1.54) is 32.1 Å². The molecular formula is C11H19N2O. The minimum atomic E-state index is 0.0434. The van der Waals surface area contributed by atoms with Crippen LogP contribution in [0, 0.1) is 0 Å². The number of carbonyl (C=O) groups excluding carboxylic acids is 1. The molecule has 0 aliphatic carbocycles. The molecule has 1 unspecified atom stereocenters. The fraction of sp³-hybridized carbons (Fsp3) is 0.909. The Morgan fingerprint density at radius 1 is 0.929 bits per heavy atom. The predicted molar refractivity (Wildman–Crippen MR) is 55.5 cm³/mol. The van der Waals surface area contributed by atoms with Crippen LogP contribution in [-0.2, 0) is 4.79 Å². The second-order valence-electron chi connectivity index (χ2n) is 4.31. The molecule has 2 saturated heterocycles. The third-order valence-electron chi connectivity index (χ3n) is 3.31. The zero-order valence-corrected chi connectivity index (χ0v) is 8.74. The van der Waals surface area contributed by atoms with Gasteiger partial charge in [0.1, 0.15) is 0 Å². The molecule has 0 amide bonds. The maximum Gasteiger partial charge on any atom is 0.218 e. The lowest BCUT2D eigenvalue weighted by Gasteiger charge is -2.42. The van der Waals surface area contributed by atoms with Crippen molar-refractivity contribution in [2.75, 3.05) is 19.6 Å². The molecule has 0 bridgehead atoms. The van der Waals surface area contributed by atoms with Gasteiger partial charge in [-0.2, -0.15) is 0 Å². The normalized spacial score (nSPS) is 31.6. The van der Waals surface area contributed by atoms with Crippen molar-refractivity contribution in [2.45, 2.75) is 44.6 Å². The Bertz CT molecular complexity index is 190. The van der Waals surface area contributed by atoms with Crippen LogP contribution in [0.3, 0.4) is 0 Å². The molecule has 0 saturated carbocycles. The largest absolute Gasteiger partial charge is 0.289 e. The minimum Gasteiger partial charge on any atom is -0.289 e. The van der Waals surface area contributed by atoms with Gasteiger partial charge in [0.15, 0.2) is 0 Å². The predicted octanol–water partition coefficient (Wildman–Crippen LogP) is 1.35. The molecule has 1 radical (unpaired) electrons. The van der Waals surface area contributed by atoms with Crippen LogP contribution in [0.2, 0.25) is 0 Å². The summed E-state index contributed by atoms with van der Waals surface area (Å²) in [6, 6.07) is 0.0434. The number of hydrogen-bond acceptors (Lipinski definition) is 3. The Morgan fingerprint density at radius 3 is 2.36 bits per heavy atom. The quantitative estimate of drug-likeness (QED) is 0.664. The molecule has 2 fully saturated rings. The monoisotopic (exact) mass is 195 g/mol. The summed E-state index contributed by atoms with van der Waals surface area (Å²) in [4.78, 5) is 10.8. The summed E-state index contributed by atoms with van der Waals surface area (Å²) in [5, 5.41) is 4.63. The molecular weight excluding hydrogens is 176 g/mol. The second-order valence-corrected chi connectivity index (χ2v) is 4.31. The van der Waals surface area contributed by atoms with Gasteiger partial charge in [0.05, 0.1) is 6.04 Å². The van der Waals surface area contributed by atoms with Crippen molar-refractivity contribution in [1.82, 2.24) is 10.0 Å². The van der Waals surface area contributed by atoms with Crippen molar-refractivity contribution in [3.05, 3.63) is 0 Å². The first-order chi connectivity index (χ1) is 6.92. The number of nitrogens with zero attached hydrogens (tertiary/aromatic N) is 2. The van der Waals surface area contributed by atoms with Gasteiger partial charge in [-0.3, -0.25) is 4.79 Å². The van der Waals surface area contributed by atoms with Crippen molar-refractivity contribution in [3.8, 4) is 0 Å². The lowest BCUT2D eigenvalue weighted by Crippen LogP contribution is -2.53. The van der Waals surface area contributed by atoms with Crippen LogP contribution in [0.15, 0.2) is 0 Å². The van der Waals surface area contributed by atoms with Crippen LogP contribution in [0.5, 0.6) is 0 Å². The second kappa shape index (κ2) is 4.89. The van der Waals surface area contributed by atoms with E-state index in [1.54, 1.807) is 0 Å². The average molecular weight is 195 g/mol. The van der Waals surface area contributed by atoms with Gasteiger partial charge in [0.25, 0.3) is 0 Å². The highest BCUT2D eigenvalue weighted by molar-refractivity contribution is 5.58. The van der Waals surface area contributed by atoms with Crippen LogP contribution in [0.1, 0.15) is 38.5 Å². The SMILES string of the molecule is O=[C]C1CCCCN1N1CCCCC1. The molecule has 1 atom stereocenters. The summed E-state index contributed by atoms with van der Waals surface area (Å²) in [6.07, 6.45) is 9.51. The maximum atomic E-state index is 10.8. The topological polar surface area (TPSA) is 23.6 Å². The molecule has 2 heterocycles. The van der Waals surface area contributed by atoms with E-state index in [0.29, 0.717) is 0 Å². The number of hydrazine groups is 1. The van der Waals surface area contributed by atoms with Crippen LogP contribution in [0.25, 0.3) is 0 Å². The molecule has 2 aliphatic heterocycles. The zero-order valence-electron chi connectivity index (χ0n) is 8.74. The van der Waals surface area contributed by atoms with Crippen LogP contribution < -0.4 is 0 Å². The van der Waals surface area contributed by atoms with E-state index in [9.17, 15) is 4.79 Å². The molecule has 0 N–H and O–H groups in total. The van der Waals surface area contributed by atoms with Gasteiger partial charge in [-0.15, -0.1) is 0 Å². The number of rotatable bonds is 2. The Kier molecular flexibility index (Phi) is 3.54. The average Bonchev–Trinajstić information content (AvgIpc) is 2.30. The van der Waals surface area contributed by atoms with E-state index >= 15 is 0 Å². The standard InChI is InChI=1S/C11H19N2O/c14-10-11-6-2-5-9-13(11)12-7-3-1-4-8-12/h11H,1-9H2.